The molecule has 36 heavy (non-hydrogen) atoms. The monoisotopic (exact) mass is 487 g/mol. The summed E-state index contributed by atoms with van der Waals surface area (Å²) in [4.78, 5) is 28.0. The van der Waals surface area contributed by atoms with Crippen molar-refractivity contribution in [2.45, 2.75) is 32.1 Å². The van der Waals surface area contributed by atoms with Crippen LogP contribution in [0.5, 0.6) is 6.01 Å². The molecule has 0 aliphatic carbocycles. The fourth-order valence-electron chi connectivity index (χ4n) is 4.84. The number of hydrogen-bond donors (Lipinski definition) is 0. The highest BCUT2D eigenvalue weighted by molar-refractivity contribution is 5.67. The Morgan fingerprint density at radius 2 is 1.36 bits per heavy atom. The molecule has 3 heterocycles. The van der Waals surface area contributed by atoms with Crippen LogP contribution in [0.25, 0.3) is 0 Å². The van der Waals surface area contributed by atoms with E-state index < -0.39 is 0 Å². The quantitative estimate of drug-likeness (QED) is 0.499. The van der Waals surface area contributed by atoms with Gasteiger partial charge in [-0.25, -0.2) is 14.8 Å². The summed E-state index contributed by atoms with van der Waals surface area (Å²) < 4.78 is 11.2. The SMILES string of the molecule is O=C(OCc1ccccc1)N1CCC(N2CCN(c3cnc(OCc4ccccc4)nc3)CC2)CC1. The minimum absolute atomic E-state index is 0.210. The zero-order chi connectivity index (χ0) is 24.6. The first-order valence-corrected chi connectivity index (χ1v) is 12.7. The number of likely N-dealkylation sites (tertiary alicyclic amines) is 1. The molecule has 1 amide bonds. The first-order valence-electron chi connectivity index (χ1n) is 12.7. The Balaban J connectivity index is 1.03. The van der Waals surface area contributed by atoms with Gasteiger partial charge in [0.1, 0.15) is 13.2 Å². The van der Waals surface area contributed by atoms with Gasteiger partial charge in [0.25, 0.3) is 0 Å². The highest BCUT2D eigenvalue weighted by atomic mass is 16.6. The van der Waals surface area contributed by atoms with Crippen LogP contribution in [0.3, 0.4) is 0 Å². The molecule has 8 nitrogen and oxygen atoms in total. The van der Waals surface area contributed by atoms with Gasteiger partial charge >= 0.3 is 12.1 Å². The van der Waals surface area contributed by atoms with Crippen molar-refractivity contribution in [3.63, 3.8) is 0 Å². The van der Waals surface area contributed by atoms with E-state index in [0.717, 1.165) is 68.9 Å². The second-order valence-electron chi connectivity index (χ2n) is 9.28. The van der Waals surface area contributed by atoms with Crippen molar-refractivity contribution >= 4 is 11.8 Å². The summed E-state index contributed by atoms with van der Waals surface area (Å²) in [5.41, 5.74) is 3.13. The summed E-state index contributed by atoms with van der Waals surface area (Å²) in [6, 6.07) is 20.7. The molecule has 0 radical (unpaired) electrons. The fourth-order valence-corrected chi connectivity index (χ4v) is 4.84. The number of hydrogen-bond acceptors (Lipinski definition) is 7. The van der Waals surface area contributed by atoms with Crippen LogP contribution >= 0.6 is 0 Å². The maximum absolute atomic E-state index is 12.5. The van der Waals surface area contributed by atoms with E-state index in [1.54, 1.807) is 0 Å². The van der Waals surface area contributed by atoms with Crippen LogP contribution in [0, 0.1) is 0 Å². The average molecular weight is 488 g/mol. The third-order valence-corrected chi connectivity index (χ3v) is 6.95. The highest BCUT2D eigenvalue weighted by Crippen LogP contribution is 2.22. The molecule has 0 unspecified atom stereocenters. The van der Waals surface area contributed by atoms with Crippen molar-refractivity contribution < 1.29 is 14.3 Å². The highest BCUT2D eigenvalue weighted by Gasteiger charge is 2.29. The molecule has 0 spiro atoms. The first-order chi connectivity index (χ1) is 17.7. The van der Waals surface area contributed by atoms with E-state index in [2.05, 4.69) is 19.8 Å². The van der Waals surface area contributed by atoms with Crippen molar-refractivity contribution in [2.75, 3.05) is 44.2 Å². The van der Waals surface area contributed by atoms with Gasteiger partial charge in [-0.05, 0) is 24.0 Å². The number of carbonyl (C=O) groups is 1. The van der Waals surface area contributed by atoms with Crippen LogP contribution < -0.4 is 9.64 Å². The lowest BCUT2D eigenvalue weighted by Crippen LogP contribution is -2.53. The summed E-state index contributed by atoms with van der Waals surface area (Å²) in [7, 11) is 0. The molecule has 2 aromatic carbocycles. The lowest BCUT2D eigenvalue weighted by atomic mass is 10.0. The number of amides is 1. The van der Waals surface area contributed by atoms with Gasteiger partial charge < -0.3 is 19.3 Å². The van der Waals surface area contributed by atoms with Crippen LogP contribution in [0.4, 0.5) is 10.5 Å². The molecule has 0 N–H and O–H groups in total. The summed E-state index contributed by atoms with van der Waals surface area (Å²) in [6.45, 7) is 6.14. The molecule has 5 rings (SSSR count). The molecule has 188 valence electrons. The number of piperazine rings is 1. The maximum atomic E-state index is 12.5. The second-order valence-corrected chi connectivity index (χ2v) is 9.28. The number of ether oxygens (including phenoxy) is 2. The van der Waals surface area contributed by atoms with Gasteiger partial charge in [0, 0.05) is 45.3 Å². The Hall–Kier alpha value is -3.65. The molecule has 0 bridgehead atoms. The standard InChI is InChI=1S/C28H33N5O3/c34-28(36-22-24-9-5-2-6-10-24)33-13-11-25(12-14-33)31-15-17-32(18-16-31)26-19-29-27(30-20-26)35-21-23-7-3-1-4-8-23/h1-10,19-20,25H,11-18,21-22H2. The molecule has 2 fully saturated rings. The molecule has 8 heteroatoms. The first kappa shape index (κ1) is 24.1. The van der Waals surface area contributed by atoms with Gasteiger partial charge in [0.2, 0.25) is 0 Å². The van der Waals surface area contributed by atoms with Crippen molar-refractivity contribution in [3.05, 3.63) is 84.2 Å². The average Bonchev–Trinajstić information content (AvgIpc) is 2.96. The predicted octanol–water partition coefficient (Wildman–Crippen LogP) is 3.98. The van der Waals surface area contributed by atoms with E-state index >= 15 is 0 Å². The summed E-state index contributed by atoms with van der Waals surface area (Å²) in [6.07, 6.45) is 5.46. The van der Waals surface area contributed by atoms with Crippen molar-refractivity contribution in [1.82, 2.24) is 19.8 Å². The van der Waals surface area contributed by atoms with Gasteiger partial charge in [-0.15, -0.1) is 0 Å². The van der Waals surface area contributed by atoms with Crippen molar-refractivity contribution in [2.24, 2.45) is 0 Å². The Bertz CT molecular complexity index is 1080. The minimum Gasteiger partial charge on any atom is -0.459 e. The molecule has 2 aliphatic rings. The largest absolute Gasteiger partial charge is 0.459 e. The smallest absolute Gasteiger partial charge is 0.410 e. The van der Waals surface area contributed by atoms with Crippen LogP contribution in [-0.4, -0.2) is 71.2 Å². The predicted molar refractivity (Wildman–Crippen MR) is 138 cm³/mol. The Labute approximate surface area is 212 Å². The third kappa shape index (κ3) is 6.31. The number of aromatic nitrogens is 2. The molecular formula is C28H33N5O3. The number of carbonyl (C=O) groups excluding carboxylic acids is 1. The van der Waals surface area contributed by atoms with E-state index in [1.165, 1.54) is 0 Å². The van der Waals surface area contributed by atoms with Crippen LogP contribution in [-0.2, 0) is 18.0 Å². The van der Waals surface area contributed by atoms with E-state index in [1.807, 2.05) is 78.0 Å². The van der Waals surface area contributed by atoms with E-state index in [0.29, 0.717) is 25.3 Å². The zero-order valence-corrected chi connectivity index (χ0v) is 20.5. The van der Waals surface area contributed by atoms with Crippen molar-refractivity contribution in [3.8, 4) is 6.01 Å². The summed E-state index contributed by atoms with van der Waals surface area (Å²) >= 11 is 0. The maximum Gasteiger partial charge on any atom is 0.410 e. The molecule has 3 aromatic rings. The summed E-state index contributed by atoms with van der Waals surface area (Å²) in [5.74, 6) is 0. The Morgan fingerprint density at radius 1 is 0.778 bits per heavy atom. The lowest BCUT2D eigenvalue weighted by Gasteiger charge is -2.43. The number of benzene rings is 2. The van der Waals surface area contributed by atoms with E-state index in [9.17, 15) is 4.79 Å². The number of anilines is 1. The van der Waals surface area contributed by atoms with Crippen LogP contribution in [0.1, 0.15) is 24.0 Å². The Kier molecular flexibility index (Phi) is 7.93. The van der Waals surface area contributed by atoms with Gasteiger partial charge in [0.05, 0.1) is 18.1 Å². The van der Waals surface area contributed by atoms with E-state index in [-0.39, 0.29) is 6.09 Å². The summed E-state index contributed by atoms with van der Waals surface area (Å²) in [5, 5.41) is 0. The van der Waals surface area contributed by atoms with Crippen LogP contribution in [0.2, 0.25) is 0 Å². The molecule has 1 aromatic heterocycles. The van der Waals surface area contributed by atoms with Gasteiger partial charge in [0.15, 0.2) is 0 Å². The van der Waals surface area contributed by atoms with Crippen molar-refractivity contribution in [1.29, 1.82) is 0 Å². The molecular weight excluding hydrogens is 454 g/mol. The number of nitrogens with zero attached hydrogens (tertiary/aromatic N) is 5. The third-order valence-electron chi connectivity index (χ3n) is 6.95. The molecule has 2 aliphatic heterocycles. The number of rotatable bonds is 7. The van der Waals surface area contributed by atoms with Crippen LogP contribution in [0.15, 0.2) is 73.1 Å². The van der Waals surface area contributed by atoms with E-state index in [4.69, 9.17) is 9.47 Å². The second kappa shape index (κ2) is 11.9. The van der Waals surface area contributed by atoms with Gasteiger partial charge in [-0.1, -0.05) is 60.7 Å². The van der Waals surface area contributed by atoms with Gasteiger partial charge in [-0.2, -0.15) is 0 Å². The lowest BCUT2D eigenvalue weighted by molar-refractivity contribution is 0.0664. The van der Waals surface area contributed by atoms with Gasteiger partial charge in [-0.3, -0.25) is 4.90 Å². The zero-order valence-electron chi connectivity index (χ0n) is 20.5. The fraction of sp³-hybridized carbons (Fsp3) is 0.393. The normalized spacial score (nSPS) is 17.1. The molecule has 0 atom stereocenters. The topological polar surface area (TPSA) is 71.0 Å². The molecule has 0 saturated carbocycles. The molecule has 2 saturated heterocycles. The minimum atomic E-state index is -0.210. The Morgan fingerprint density at radius 3 is 1.97 bits per heavy atom. The number of piperidine rings is 1.